The first-order valence-electron chi connectivity index (χ1n) is 7.73. The number of rotatable bonds is 5. The lowest BCUT2D eigenvalue weighted by Gasteiger charge is -2.13. The fraction of sp³-hybridized carbons (Fsp3) is 0.562. The summed E-state index contributed by atoms with van der Waals surface area (Å²) in [7, 11) is 0. The third-order valence-corrected chi connectivity index (χ3v) is 4.45. The van der Waals surface area contributed by atoms with Gasteiger partial charge in [-0.15, -0.1) is 0 Å². The van der Waals surface area contributed by atoms with Gasteiger partial charge in [0.25, 0.3) is 0 Å². The molecular formula is C16H22FN3O. The SMILES string of the molecule is CCCC1CC[C@H](COc2cc(F)c3c(N)n[nH]c3c2)C1. The Morgan fingerprint density at radius 1 is 1.38 bits per heavy atom. The molecule has 1 saturated carbocycles. The summed E-state index contributed by atoms with van der Waals surface area (Å²) < 4.78 is 19.8. The fourth-order valence-electron chi connectivity index (χ4n) is 3.40. The van der Waals surface area contributed by atoms with Crippen LogP contribution in [0.1, 0.15) is 39.0 Å². The van der Waals surface area contributed by atoms with E-state index in [1.165, 1.54) is 38.2 Å². The van der Waals surface area contributed by atoms with E-state index in [0.29, 0.717) is 29.2 Å². The number of anilines is 1. The van der Waals surface area contributed by atoms with Gasteiger partial charge in [-0.1, -0.05) is 26.2 Å². The first kappa shape index (κ1) is 14.2. The van der Waals surface area contributed by atoms with Crippen LogP contribution in [-0.2, 0) is 0 Å². The largest absolute Gasteiger partial charge is 0.493 e. The highest BCUT2D eigenvalue weighted by Crippen LogP contribution is 2.34. The molecule has 1 fully saturated rings. The van der Waals surface area contributed by atoms with Crippen LogP contribution in [0.25, 0.3) is 10.9 Å². The average Bonchev–Trinajstić information content (AvgIpc) is 3.04. The third-order valence-electron chi connectivity index (χ3n) is 4.45. The number of nitrogens with two attached hydrogens (primary N) is 1. The van der Waals surface area contributed by atoms with Crippen molar-refractivity contribution in [2.75, 3.05) is 12.3 Å². The van der Waals surface area contributed by atoms with Gasteiger partial charge >= 0.3 is 0 Å². The van der Waals surface area contributed by atoms with Crippen molar-refractivity contribution in [3.05, 3.63) is 17.9 Å². The van der Waals surface area contributed by atoms with Crippen LogP contribution >= 0.6 is 0 Å². The zero-order chi connectivity index (χ0) is 14.8. The van der Waals surface area contributed by atoms with Gasteiger partial charge in [-0.2, -0.15) is 5.10 Å². The molecule has 0 spiro atoms. The minimum Gasteiger partial charge on any atom is -0.493 e. The van der Waals surface area contributed by atoms with E-state index in [1.807, 2.05) is 0 Å². The molecule has 114 valence electrons. The highest BCUT2D eigenvalue weighted by molar-refractivity contribution is 5.90. The predicted octanol–water partition coefficient (Wildman–Crippen LogP) is 3.88. The summed E-state index contributed by atoms with van der Waals surface area (Å²) in [4.78, 5) is 0. The summed E-state index contributed by atoms with van der Waals surface area (Å²) >= 11 is 0. The van der Waals surface area contributed by atoms with Gasteiger partial charge in [0, 0.05) is 12.1 Å². The molecule has 0 saturated heterocycles. The quantitative estimate of drug-likeness (QED) is 0.878. The van der Waals surface area contributed by atoms with E-state index in [-0.39, 0.29) is 11.6 Å². The third kappa shape index (κ3) is 2.96. The van der Waals surface area contributed by atoms with Crippen LogP contribution < -0.4 is 10.5 Å². The van der Waals surface area contributed by atoms with E-state index >= 15 is 0 Å². The average molecular weight is 291 g/mol. The monoisotopic (exact) mass is 291 g/mol. The van der Waals surface area contributed by atoms with Gasteiger partial charge in [-0.25, -0.2) is 4.39 Å². The second kappa shape index (κ2) is 5.92. The number of benzene rings is 1. The molecule has 0 aliphatic heterocycles. The number of nitrogens with one attached hydrogen (secondary N) is 1. The Bertz CT molecular complexity index is 625. The molecular weight excluding hydrogens is 269 g/mol. The van der Waals surface area contributed by atoms with Gasteiger partial charge < -0.3 is 10.5 Å². The maximum atomic E-state index is 14.0. The van der Waals surface area contributed by atoms with Crippen LogP contribution in [0, 0.1) is 17.7 Å². The molecule has 1 aromatic heterocycles. The number of nitrogens with zero attached hydrogens (tertiary/aromatic N) is 1. The molecule has 2 atom stereocenters. The molecule has 3 rings (SSSR count). The van der Waals surface area contributed by atoms with Gasteiger partial charge in [-0.05, 0) is 24.7 Å². The van der Waals surface area contributed by atoms with Crippen molar-refractivity contribution < 1.29 is 9.13 Å². The Hall–Kier alpha value is -1.78. The lowest BCUT2D eigenvalue weighted by Crippen LogP contribution is -2.09. The minimum atomic E-state index is -0.385. The Morgan fingerprint density at radius 3 is 3.00 bits per heavy atom. The lowest BCUT2D eigenvalue weighted by molar-refractivity contribution is 0.246. The van der Waals surface area contributed by atoms with Gasteiger partial charge in [0.1, 0.15) is 11.6 Å². The number of ether oxygens (including phenoxy) is 1. The molecule has 0 bridgehead atoms. The van der Waals surface area contributed by atoms with Crippen molar-refractivity contribution in [3.8, 4) is 5.75 Å². The predicted molar refractivity (Wildman–Crippen MR) is 81.7 cm³/mol. The number of nitrogen functional groups attached to an aromatic ring is 1. The number of halogens is 1. The zero-order valence-electron chi connectivity index (χ0n) is 12.4. The van der Waals surface area contributed by atoms with E-state index in [2.05, 4.69) is 17.1 Å². The number of fused-ring (bicyclic) bond motifs is 1. The van der Waals surface area contributed by atoms with Crippen molar-refractivity contribution in [2.45, 2.75) is 39.0 Å². The number of hydrogen-bond acceptors (Lipinski definition) is 3. The molecule has 2 aromatic rings. The van der Waals surface area contributed by atoms with E-state index < -0.39 is 0 Å². The Kier molecular flexibility index (Phi) is 3.99. The molecule has 1 heterocycles. The molecule has 21 heavy (non-hydrogen) atoms. The molecule has 0 radical (unpaired) electrons. The van der Waals surface area contributed by atoms with Crippen LogP contribution in [0.4, 0.5) is 10.2 Å². The molecule has 1 unspecified atom stereocenters. The summed E-state index contributed by atoms with van der Waals surface area (Å²) in [6.45, 7) is 2.90. The maximum Gasteiger partial charge on any atom is 0.156 e. The minimum absolute atomic E-state index is 0.187. The molecule has 3 N–H and O–H groups in total. The second-order valence-corrected chi connectivity index (χ2v) is 6.08. The molecule has 0 amide bonds. The standard InChI is InChI=1S/C16H22FN3O/c1-2-3-10-4-5-11(6-10)9-21-12-7-13(17)15-14(8-12)19-20-16(15)18/h7-8,10-11H,2-6,9H2,1H3,(H3,18,19,20)/t10?,11-/m0/s1. The summed E-state index contributed by atoms with van der Waals surface area (Å²) in [5.74, 6) is 1.78. The van der Waals surface area contributed by atoms with Crippen molar-refractivity contribution in [1.82, 2.24) is 10.2 Å². The number of aromatic amines is 1. The van der Waals surface area contributed by atoms with Gasteiger partial charge in [0.15, 0.2) is 5.82 Å². The van der Waals surface area contributed by atoms with Gasteiger partial charge in [0.2, 0.25) is 0 Å². The van der Waals surface area contributed by atoms with Crippen LogP contribution in [0.3, 0.4) is 0 Å². The summed E-state index contributed by atoms with van der Waals surface area (Å²) in [6, 6.07) is 3.16. The van der Waals surface area contributed by atoms with Crippen molar-refractivity contribution >= 4 is 16.7 Å². The van der Waals surface area contributed by atoms with Crippen molar-refractivity contribution in [1.29, 1.82) is 0 Å². The van der Waals surface area contributed by atoms with Crippen LogP contribution in [-0.4, -0.2) is 16.8 Å². The highest BCUT2D eigenvalue weighted by Gasteiger charge is 2.24. The van der Waals surface area contributed by atoms with Crippen molar-refractivity contribution in [3.63, 3.8) is 0 Å². The highest BCUT2D eigenvalue weighted by atomic mass is 19.1. The maximum absolute atomic E-state index is 14.0. The van der Waals surface area contributed by atoms with E-state index in [0.717, 1.165) is 5.92 Å². The van der Waals surface area contributed by atoms with E-state index in [4.69, 9.17) is 10.5 Å². The summed E-state index contributed by atoms with van der Waals surface area (Å²) in [5, 5.41) is 6.89. The smallest absolute Gasteiger partial charge is 0.156 e. The first-order chi connectivity index (χ1) is 10.2. The Labute approximate surface area is 123 Å². The summed E-state index contributed by atoms with van der Waals surface area (Å²) in [5.41, 5.74) is 6.20. The van der Waals surface area contributed by atoms with Gasteiger partial charge in [-0.3, -0.25) is 5.10 Å². The molecule has 1 aliphatic rings. The van der Waals surface area contributed by atoms with Crippen LogP contribution in [0.15, 0.2) is 12.1 Å². The zero-order valence-corrected chi connectivity index (χ0v) is 12.4. The fourth-order valence-corrected chi connectivity index (χ4v) is 3.40. The van der Waals surface area contributed by atoms with Crippen LogP contribution in [0.2, 0.25) is 0 Å². The topological polar surface area (TPSA) is 63.9 Å². The second-order valence-electron chi connectivity index (χ2n) is 6.08. The summed E-state index contributed by atoms with van der Waals surface area (Å²) in [6.07, 6.45) is 6.31. The normalized spacial score (nSPS) is 22.0. The van der Waals surface area contributed by atoms with E-state index in [9.17, 15) is 4.39 Å². The molecule has 1 aromatic carbocycles. The lowest BCUT2D eigenvalue weighted by atomic mass is 10.0. The first-order valence-corrected chi connectivity index (χ1v) is 7.73. The Morgan fingerprint density at radius 2 is 2.19 bits per heavy atom. The number of hydrogen-bond donors (Lipinski definition) is 2. The number of H-pyrrole nitrogens is 1. The molecule has 1 aliphatic carbocycles. The molecule has 5 heteroatoms. The molecule has 4 nitrogen and oxygen atoms in total. The van der Waals surface area contributed by atoms with Crippen LogP contribution in [0.5, 0.6) is 5.75 Å². The Balaban J connectivity index is 1.63. The van der Waals surface area contributed by atoms with E-state index in [1.54, 1.807) is 6.07 Å². The van der Waals surface area contributed by atoms with Crippen molar-refractivity contribution in [2.24, 2.45) is 11.8 Å². The number of aromatic nitrogens is 2. The van der Waals surface area contributed by atoms with Gasteiger partial charge in [0.05, 0.1) is 17.5 Å².